The fraction of sp³-hybridized carbons (Fsp3) is 0.706. The Morgan fingerprint density at radius 3 is 2.65 bits per heavy atom. The Hall–Kier alpha value is -1.09. The van der Waals surface area contributed by atoms with Gasteiger partial charge in [-0.05, 0) is 48.4 Å². The number of aromatic nitrogens is 1. The van der Waals surface area contributed by atoms with Gasteiger partial charge >= 0.3 is 0 Å². The normalized spacial score (nSPS) is 23.4. The molecule has 1 fully saturated rings. The number of nitrogens with zero attached hydrogens (tertiary/aromatic N) is 2. The molecule has 0 bridgehead atoms. The quantitative estimate of drug-likeness (QED) is 0.893. The lowest BCUT2D eigenvalue weighted by Gasteiger charge is -2.36. The largest absolute Gasteiger partial charge is 0.356 e. The monoisotopic (exact) mass is 275 g/mol. The minimum Gasteiger partial charge on any atom is -0.356 e. The number of hydrogen-bond acceptors (Lipinski definition) is 3. The first-order valence-electron chi connectivity index (χ1n) is 7.95. The second kappa shape index (κ2) is 7.07. The molecular formula is C17H29N3. The average Bonchev–Trinajstić information content (AvgIpc) is 2.37. The van der Waals surface area contributed by atoms with Crippen LogP contribution in [0.2, 0.25) is 0 Å². The molecular weight excluding hydrogens is 246 g/mol. The molecule has 1 aromatic heterocycles. The van der Waals surface area contributed by atoms with Crippen molar-refractivity contribution in [3.8, 4) is 0 Å². The van der Waals surface area contributed by atoms with E-state index in [-0.39, 0.29) is 0 Å². The van der Waals surface area contributed by atoms with Gasteiger partial charge in [-0.3, -0.25) is 0 Å². The van der Waals surface area contributed by atoms with Crippen LogP contribution in [0.3, 0.4) is 0 Å². The van der Waals surface area contributed by atoms with E-state index in [0.717, 1.165) is 43.8 Å². The maximum Gasteiger partial charge on any atom is 0.128 e. The number of hydrogen-bond donors (Lipinski definition) is 1. The molecule has 0 aliphatic carbocycles. The molecule has 1 N–H and O–H groups in total. The molecule has 0 spiro atoms. The van der Waals surface area contributed by atoms with E-state index < -0.39 is 0 Å². The van der Waals surface area contributed by atoms with E-state index in [1.165, 1.54) is 12.0 Å². The second-order valence-corrected chi connectivity index (χ2v) is 6.90. The number of rotatable bonds is 5. The highest BCUT2D eigenvalue weighted by molar-refractivity contribution is 5.41. The van der Waals surface area contributed by atoms with Crippen molar-refractivity contribution >= 4 is 5.82 Å². The number of nitrogens with one attached hydrogen (secondary N) is 1. The lowest BCUT2D eigenvalue weighted by atomic mass is 9.92. The Kier molecular flexibility index (Phi) is 5.41. The number of pyridine rings is 1. The summed E-state index contributed by atoms with van der Waals surface area (Å²) in [5, 5.41) is 3.50. The van der Waals surface area contributed by atoms with E-state index in [1.807, 2.05) is 6.20 Å². The van der Waals surface area contributed by atoms with Crippen molar-refractivity contribution in [1.29, 1.82) is 0 Å². The SMILES string of the molecule is CC(C)CNCc1ccnc(N2CC(C)CC(C)C2)c1. The summed E-state index contributed by atoms with van der Waals surface area (Å²) >= 11 is 0. The number of anilines is 1. The molecule has 1 saturated heterocycles. The van der Waals surface area contributed by atoms with Crippen LogP contribution >= 0.6 is 0 Å². The first kappa shape index (κ1) is 15.3. The highest BCUT2D eigenvalue weighted by Crippen LogP contribution is 2.25. The van der Waals surface area contributed by atoms with E-state index in [2.05, 4.69) is 55.0 Å². The number of piperidine rings is 1. The van der Waals surface area contributed by atoms with Crippen molar-refractivity contribution in [3.63, 3.8) is 0 Å². The fourth-order valence-electron chi connectivity index (χ4n) is 3.10. The van der Waals surface area contributed by atoms with Gasteiger partial charge in [0.05, 0.1) is 0 Å². The summed E-state index contributed by atoms with van der Waals surface area (Å²) in [5.74, 6) is 3.37. The van der Waals surface area contributed by atoms with E-state index in [1.54, 1.807) is 0 Å². The summed E-state index contributed by atoms with van der Waals surface area (Å²) in [5.41, 5.74) is 1.33. The minimum atomic E-state index is 0.695. The highest BCUT2D eigenvalue weighted by Gasteiger charge is 2.22. The molecule has 0 radical (unpaired) electrons. The Morgan fingerprint density at radius 2 is 2.00 bits per heavy atom. The van der Waals surface area contributed by atoms with Gasteiger partial charge in [0.2, 0.25) is 0 Å². The summed E-state index contributed by atoms with van der Waals surface area (Å²) in [6.07, 6.45) is 3.29. The van der Waals surface area contributed by atoms with E-state index in [0.29, 0.717) is 5.92 Å². The highest BCUT2D eigenvalue weighted by atomic mass is 15.2. The van der Waals surface area contributed by atoms with Gasteiger partial charge in [0, 0.05) is 25.8 Å². The second-order valence-electron chi connectivity index (χ2n) is 6.90. The van der Waals surface area contributed by atoms with E-state index in [4.69, 9.17) is 0 Å². The Bertz CT molecular complexity index is 406. The van der Waals surface area contributed by atoms with Gasteiger partial charge in [-0.15, -0.1) is 0 Å². The van der Waals surface area contributed by atoms with Gasteiger partial charge in [0.25, 0.3) is 0 Å². The van der Waals surface area contributed by atoms with Crippen molar-refractivity contribution in [3.05, 3.63) is 23.9 Å². The summed E-state index contributed by atoms with van der Waals surface area (Å²) < 4.78 is 0. The zero-order valence-electron chi connectivity index (χ0n) is 13.4. The third kappa shape index (κ3) is 4.48. The van der Waals surface area contributed by atoms with Crippen LogP contribution in [0.1, 0.15) is 39.7 Å². The van der Waals surface area contributed by atoms with Crippen molar-refractivity contribution < 1.29 is 0 Å². The molecule has 1 aromatic rings. The third-order valence-corrected chi connectivity index (χ3v) is 3.88. The predicted octanol–water partition coefficient (Wildman–Crippen LogP) is 3.31. The molecule has 3 nitrogen and oxygen atoms in total. The predicted molar refractivity (Wildman–Crippen MR) is 85.9 cm³/mol. The van der Waals surface area contributed by atoms with Crippen LogP contribution in [0.5, 0.6) is 0 Å². The van der Waals surface area contributed by atoms with Gasteiger partial charge in [0.15, 0.2) is 0 Å². The molecule has 3 heteroatoms. The van der Waals surface area contributed by atoms with Crippen molar-refractivity contribution in [2.75, 3.05) is 24.5 Å². The minimum absolute atomic E-state index is 0.695. The third-order valence-electron chi connectivity index (χ3n) is 3.88. The van der Waals surface area contributed by atoms with E-state index in [9.17, 15) is 0 Å². The summed E-state index contributed by atoms with van der Waals surface area (Å²) in [4.78, 5) is 7.02. The Balaban J connectivity index is 1.98. The smallest absolute Gasteiger partial charge is 0.128 e. The molecule has 0 saturated carbocycles. The Morgan fingerprint density at radius 1 is 1.30 bits per heavy atom. The Labute approximate surface area is 123 Å². The standard InChI is InChI=1S/C17H29N3/c1-13(2)9-18-10-16-5-6-19-17(8-16)20-11-14(3)7-15(4)12-20/h5-6,8,13-15,18H,7,9-12H2,1-4H3. The van der Waals surface area contributed by atoms with Gasteiger partial charge in [-0.1, -0.05) is 27.7 Å². The van der Waals surface area contributed by atoms with Crippen LogP contribution in [-0.2, 0) is 6.54 Å². The van der Waals surface area contributed by atoms with Crippen LogP contribution in [0.4, 0.5) is 5.82 Å². The molecule has 2 atom stereocenters. The molecule has 1 aliphatic heterocycles. The molecule has 0 amide bonds. The lowest BCUT2D eigenvalue weighted by Crippen LogP contribution is -2.39. The van der Waals surface area contributed by atoms with E-state index >= 15 is 0 Å². The first-order valence-corrected chi connectivity index (χ1v) is 7.95. The molecule has 20 heavy (non-hydrogen) atoms. The average molecular weight is 275 g/mol. The molecule has 2 rings (SSSR count). The van der Waals surface area contributed by atoms with Crippen LogP contribution in [0.25, 0.3) is 0 Å². The molecule has 0 aromatic carbocycles. The van der Waals surface area contributed by atoms with Crippen LogP contribution < -0.4 is 10.2 Å². The summed E-state index contributed by atoms with van der Waals surface area (Å²) in [6, 6.07) is 4.37. The molecule has 112 valence electrons. The van der Waals surface area contributed by atoms with Gasteiger partial charge in [-0.25, -0.2) is 4.98 Å². The van der Waals surface area contributed by atoms with Gasteiger partial charge in [-0.2, -0.15) is 0 Å². The lowest BCUT2D eigenvalue weighted by molar-refractivity contribution is 0.355. The topological polar surface area (TPSA) is 28.2 Å². The zero-order chi connectivity index (χ0) is 14.5. The van der Waals surface area contributed by atoms with Crippen molar-refractivity contribution in [2.45, 2.75) is 40.7 Å². The first-order chi connectivity index (χ1) is 9.54. The molecule has 2 heterocycles. The maximum atomic E-state index is 4.57. The molecule has 2 unspecified atom stereocenters. The fourth-order valence-corrected chi connectivity index (χ4v) is 3.10. The van der Waals surface area contributed by atoms with Crippen LogP contribution in [0, 0.1) is 17.8 Å². The molecule has 1 aliphatic rings. The van der Waals surface area contributed by atoms with Crippen LogP contribution in [-0.4, -0.2) is 24.6 Å². The maximum absolute atomic E-state index is 4.57. The summed E-state index contributed by atoms with van der Waals surface area (Å²) in [6.45, 7) is 13.4. The van der Waals surface area contributed by atoms with Crippen molar-refractivity contribution in [2.24, 2.45) is 17.8 Å². The summed E-state index contributed by atoms with van der Waals surface area (Å²) in [7, 11) is 0. The van der Waals surface area contributed by atoms with Crippen molar-refractivity contribution in [1.82, 2.24) is 10.3 Å². The zero-order valence-corrected chi connectivity index (χ0v) is 13.4. The van der Waals surface area contributed by atoms with Gasteiger partial charge < -0.3 is 10.2 Å². The van der Waals surface area contributed by atoms with Crippen LogP contribution in [0.15, 0.2) is 18.3 Å². The van der Waals surface area contributed by atoms with Gasteiger partial charge in [0.1, 0.15) is 5.82 Å².